The minimum atomic E-state index is -3.73. The van der Waals surface area contributed by atoms with Crippen molar-refractivity contribution in [2.75, 3.05) is 12.5 Å². The minimum Gasteiger partial charge on any atom is -0.224 e. The molecule has 0 N–H and O–H groups in total. The van der Waals surface area contributed by atoms with Crippen molar-refractivity contribution in [3.05, 3.63) is 23.8 Å². The highest BCUT2D eigenvalue weighted by atomic mass is 32.2. The number of aliphatic imine (C=N–C) groups is 1. The fraction of sp³-hybridized carbons (Fsp3) is 0.500. The third-order valence-corrected chi connectivity index (χ3v) is 6.39. The molecule has 1 aromatic rings. The first-order valence-electron chi connectivity index (χ1n) is 6.74. The van der Waals surface area contributed by atoms with Crippen LogP contribution in [-0.4, -0.2) is 35.4 Å². The van der Waals surface area contributed by atoms with Crippen molar-refractivity contribution in [3.63, 3.8) is 0 Å². The van der Waals surface area contributed by atoms with E-state index >= 15 is 0 Å². The van der Waals surface area contributed by atoms with Crippen molar-refractivity contribution in [1.29, 1.82) is 0 Å². The summed E-state index contributed by atoms with van der Waals surface area (Å²) in [7, 11) is -7.41. The largest absolute Gasteiger partial charge is 0.235 e. The van der Waals surface area contributed by atoms with Crippen molar-refractivity contribution in [2.45, 2.75) is 41.0 Å². The lowest BCUT2D eigenvalue weighted by molar-refractivity contribution is 0.454. The molecule has 1 aromatic carbocycles. The van der Waals surface area contributed by atoms with Crippen molar-refractivity contribution < 1.29 is 21.6 Å². The Balaban J connectivity index is 2.74. The maximum Gasteiger partial charge on any atom is 0.235 e. The van der Waals surface area contributed by atoms with Crippen LogP contribution >= 0.6 is 0 Å². The van der Waals surface area contributed by atoms with E-state index in [4.69, 9.17) is 0 Å². The number of carbonyl (C=O) groups excluding carboxylic acids is 1. The molecule has 22 heavy (non-hydrogen) atoms. The molecule has 0 atom stereocenters. The second-order valence-electron chi connectivity index (χ2n) is 5.65. The SMILES string of the molecule is CS(=O)(=O)c1ccc(C2(N=C=O)CCCC2)cc1S(C)(=O)=O. The molecule has 0 amide bonds. The Labute approximate surface area is 130 Å². The van der Waals surface area contributed by atoms with Gasteiger partial charge in [-0.2, -0.15) is 4.99 Å². The Morgan fingerprint density at radius 1 is 1.00 bits per heavy atom. The van der Waals surface area contributed by atoms with Crippen LogP contribution in [-0.2, 0) is 30.0 Å². The molecule has 1 fully saturated rings. The molecule has 0 saturated heterocycles. The molecule has 0 radical (unpaired) electrons. The summed E-state index contributed by atoms with van der Waals surface area (Å²) in [6.45, 7) is 0. The minimum absolute atomic E-state index is 0.234. The predicted molar refractivity (Wildman–Crippen MR) is 80.9 cm³/mol. The zero-order valence-corrected chi connectivity index (χ0v) is 14.0. The van der Waals surface area contributed by atoms with Crippen LogP contribution in [0.5, 0.6) is 0 Å². The van der Waals surface area contributed by atoms with E-state index in [9.17, 15) is 21.6 Å². The van der Waals surface area contributed by atoms with Crippen molar-refractivity contribution in [3.8, 4) is 0 Å². The second kappa shape index (κ2) is 5.61. The van der Waals surface area contributed by atoms with Gasteiger partial charge in [-0.25, -0.2) is 21.6 Å². The van der Waals surface area contributed by atoms with Gasteiger partial charge in [0.2, 0.25) is 6.08 Å². The van der Waals surface area contributed by atoms with Crippen molar-refractivity contribution in [1.82, 2.24) is 0 Å². The normalized spacial score (nSPS) is 17.9. The van der Waals surface area contributed by atoms with Crippen LogP contribution in [0.15, 0.2) is 33.0 Å². The number of nitrogens with zero attached hydrogens (tertiary/aromatic N) is 1. The van der Waals surface area contributed by atoms with Gasteiger partial charge in [0.1, 0.15) is 0 Å². The first kappa shape index (κ1) is 16.9. The fourth-order valence-electron chi connectivity index (χ4n) is 2.91. The van der Waals surface area contributed by atoms with Gasteiger partial charge in [-0.05, 0) is 30.5 Å². The Morgan fingerprint density at radius 3 is 2.00 bits per heavy atom. The van der Waals surface area contributed by atoms with Gasteiger partial charge in [0.25, 0.3) is 0 Å². The summed E-state index contributed by atoms with van der Waals surface area (Å²) in [6.07, 6.45) is 6.45. The second-order valence-corrected chi connectivity index (χ2v) is 9.62. The number of hydrogen-bond donors (Lipinski definition) is 0. The molecule has 2 rings (SSSR count). The summed E-state index contributed by atoms with van der Waals surface area (Å²) < 4.78 is 47.5. The molecular weight excluding hydrogens is 326 g/mol. The smallest absolute Gasteiger partial charge is 0.224 e. The van der Waals surface area contributed by atoms with Gasteiger partial charge in [0.05, 0.1) is 15.3 Å². The van der Waals surface area contributed by atoms with E-state index in [0.717, 1.165) is 25.4 Å². The first-order valence-corrected chi connectivity index (χ1v) is 10.5. The van der Waals surface area contributed by atoms with Gasteiger partial charge in [-0.3, -0.25) is 0 Å². The van der Waals surface area contributed by atoms with Crippen LogP contribution in [0, 0.1) is 0 Å². The zero-order valence-electron chi connectivity index (χ0n) is 12.4. The Morgan fingerprint density at radius 2 is 1.55 bits per heavy atom. The highest BCUT2D eigenvalue weighted by molar-refractivity contribution is 7.93. The van der Waals surface area contributed by atoms with Gasteiger partial charge in [0.15, 0.2) is 19.7 Å². The summed E-state index contributed by atoms with van der Waals surface area (Å²) in [5, 5.41) is 0. The summed E-state index contributed by atoms with van der Waals surface area (Å²) in [4.78, 5) is 14.1. The number of sulfone groups is 2. The Kier molecular flexibility index (Phi) is 4.30. The van der Waals surface area contributed by atoms with E-state index in [1.54, 1.807) is 6.08 Å². The topological polar surface area (TPSA) is 97.7 Å². The molecule has 1 aliphatic rings. The van der Waals surface area contributed by atoms with Crippen LogP contribution in [0.25, 0.3) is 0 Å². The van der Waals surface area contributed by atoms with Crippen molar-refractivity contribution >= 4 is 25.8 Å². The van der Waals surface area contributed by atoms with Gasteiger partial charge < -0.3 is 0 Å². The number of isocyanates is 1. The lowest BCUT2D eigenvalue weighted by Crippen LogP contribution is -2.20. The highest BCUT2D eigenvalue weighted by Gasteiger charge is 2.37. The van der Waals surface area contributed by atoms with Crippen LogP contribution in [0.1, 0.15) is 31.2 Å². The van der Waals surface area contributed by atoms with Gasteiger partial charge >= 0.3 is 0 Å². The molecule has 8 heteroatoms. The summed E-state index contributed by atoms with van der Waals surface area (Å²) in [5.74, 6) is 0. The van der Waals surface area contributed by atoms with Crippen LogP contribution < -0.4 is 0 Å². The van der Waals surface area contributed by atoms with E-state index < -0.39 is 25.2 Å². The number of benzene rings is 1. The molecule has 1 aliphatic carbocycles. The van der Waals surface area contributed by atoms with E-state index in [1.165, 1.54) is 18.2 Å². The van der Waals surface area contributed by atoms with E-state index in [-0.39, 0.29) is 9.79 Å². The lowest BCUT2D eigenvalue weighted by Gasteiger charge is -2.24. The molecule has 0 aliphatic heterocycles. The van der Waals surface area contributed by atoms with Gasteiger partial charge in [0, 0.05) is 12.5 Å². The summed E-state index contributed by atoms with van der Waals surface area (Å²) >= 11 is 0. The standard InChI is InChI=1S/C14H17NO5S2/c1-21(17,18)12-6-5-11(9-13(12)22(2,19)20)14(15-10-16)7-3-4-8-14/h5-6,9H,3-4,7-8H2,1-2H3. The van der Waals surface area contributed by atoms with E-state index in [0.29, 0.717) is 18.4 Å². The lowest BCUT2D eigenvalue weighted by atomic mass is 9.89. The first-order chi connectivity index (χ1) is 10.1. The van der Waals surface area contributed by atoms with Crippen molar-refractivity contribution in [2.24, 2.45) is 4.99 Å². The third-order valence-electron chi connectivity index (χ3n) is 3.97. The van der Waals surface area contributed by atoms with E-state index in [2.05, 4.69) is 4.99 Å². The van der Waals surface area contributed by atoms with Gasteiger partial charge in [-0.15, -0.1) is 0 Å². The summed E-state index contributed by atoms with van der Waals surface area (Å²) in [6, 6.07) is 4.15. The third kappa shape index (κ3) is 3.14. The summed E-state index contributed by atoms with van der Waals surface area (Å²) in [5.41, 5.74) is -0.252. The molecule has 1 saturated carbocycles. The average Bonchev–Trinajstić information content (AvgIpc) is 2.86. The Bertz CT molecular complexity index is 843. The zero-order chi connectivity index (χ0) is 16.6. The average molecular weight is 343 g/mol. The quantitative estimate of drug-likeness (QED) is 0.611. The van der Waals surface area contributed by atoms with Crippen LogP contribution in [0.3, 0.4) is 0 Å². The number of hydrogen-bond acceptors (Lipinski definition) is 6. The molecule has 120 valence electrons. The van der Waals surface area contributed by atoms with E-state index in [1.807, 2.05) is 0 Å². The van der Waals surface area contributed by atoms with Gasteiger partial charge in [-0.1, -0.05) is 18.9 Å². The maximum absolute atomic E-state index is 12.0. The molecular formula is C14H17NO5S2. The molecule has 0 spiro atoms. The molecule has 0 unspecified atom stereocenters. The van der Waals surface area contributed by atoms with Crippen LogP contribution in [0.4, 0.5) is 0 Å². The monoisotopic (exact) mass is 343 g/mol. The molecule has 6 nitrogen and oxygen atoms in total. The fourth-order valence-corrected chi connectivity index (χ4v) is 5.33. The maximum atomic E-state index is 12.0. The Hall–Kier alpha value is -1.50. The number of rotatable bonds is 4. The molecule has 0 heterocycles. The van der Waals surface area contributed by atoms with Crippen LogP contribution in [0.2, 0.25) is 0 Å². The highest BCUT2D eigenvalue weighted by Crippen LogP contribution is 2.43. The predicted octanol–water partition coefficient (Wildman–Crippen LogP) is 1.60. The molecule has 0 aromatic heterocycles. The molecule has 0 bridgehead atoms.